The van der Waals surface area contributed by atoms with Crippen LogP contribution in [0.5, 0.6) is 5.75 Å². The lowest BCUT2D eigenvalue weighted by Crippen LogP contribution is -2.12. The number of halogens is 1. The fourth-order valence-electron chi connectivity index (χ4n) is 1.69. The maximum atomic E-state index is 11.9. The number of rotatable bonds is 3. The van der Waals surface area contributed by atoms with E-state index in [4.69, 9.17) is 4.42 Å². The molecule has 20 heavy (non-hydrogen) atoms. The van der Waals surface area contributed by atoms with Gasteiger partial charge >= 0.3 is 5.63 Å². The molecular weight excluding hydrogens is 324 g/mol. The molecule has 0 atom stereocenters. The van der Waals surface area contributed by atoms with Crippen LogP contribution in [-0.4, -0.2) is 10.9 Å². The largest absolute Gasteiger partial charge is 0.507 e. The lowest BCUT2D eigenvalue weighted by Gasteiger charge is -2.00. The Bertz CT molecular complexity index is 744. The molecule has 1 aromatic heterocycles. The molecule has 0 unspecified atom stereocenters. The molecule has 0 aliphatic heterocycles. The molecule has 5 heteroatoms. The fourth-order valence-corrected chi connectivity index (χ4v) is 2.11. The molecule has 102 valence electrons. The second-order valence-electron chi connectivity index (χ2n) is 4.16. The minimum absolute atomic E-state index is 0.250. The van der Waals surface area contributed by atoms with Crippen molar-refractivity contribution in [2.45, 2.75) is 6.92 Å². The number of aryl methyl sites for hydroxylation is 1. The van der Waals surface area contributed by atoms with Crippen molar-refractivity contribution >= 4 is 27.8 Å². The molecule has 0 radical (unpaired) electrons. The van der Waals surface area contributed by atoms with E-state index in [0.29, 0.717) is 0 Å². The van der Waals surface area contributed by atoms with Gasteiger partial charge in [0.15, 0.2) is 5.78 Å². The van der Waals surface area contributed by atoms with Crippen molar-refractivity contribution in [3.8, 4) is 5.75 Å². The number of aromatic hydroxyl groups is 1. The van der Waals surface area contributed by atoms with Gasteiger partial charge in [-0.2, -0.15) is 0 Å². The smallest absolute Gasteiger partial charge is 0.351 e. The van der Waals surface area contributed by atoms with Gasteiger partial charge in [0, 0.05) is 10.5 Å². The second kappa shape index (κ2) is 5.88. The first-order valence-electron chi connectivity index (χ1n) is 5.79. The molecule has 0 amide bonds. The highest BCUT2D eigenvalue weighted by Gasteiger charge is 2.15. The highest BCUT2D eigenvalue weighted by molar-refractivity contribution is 9.10. The van der Waals surface area contributed by atoms with E-state index >= 15 is 0 Å². The van der Waals surface area contributed by atoms with Gasteiger partial charge in [-0.25, -0.2) is 4.79 Å². The third-order valence-corrected chi connectivity index (χ3v) is 3.07. The van der Waals surface area contributed by atoms with Gasteiger partial charge in [0.05, 0.1) is 0 Å². The van der Waals surface area contributed by atoms with Gasteiger partial charge < -0.3 is 9.52 Å². The molecule has 0 aliphatic rings. The number of carbonyl (C=O) groups excluding carboxylic acids is 1. The van der Waals surface area contributed by atoms with Crippen LogP contribution in [-0.2, 0) is 0 Å². The van der Waals surface area contributed by atoms with Crippen LogP contribution in [0.15, 0.2) is 50.1 Å². The van der Waals surface area contributed by atoms with E-state index in [1.165, 1.54) is 19.1 Å². The van der Waals surface area contributed by atoms with Gasteiger partial charge in [-0.1, -0.05) is 34.1 Å². The molecule has 0 saturated heterocycles. The third-order valence-electron chi connectivity index (χ3n) is 2.58. The maximum absolute atomic E-state index is 11.9. The standard InChI is InChI=1S/C15H11BrO4/c1-9-7-13(18)14(15(19)20-9)12(17)6-5-10-3-2-4-11(16)8-10/h2-8,18H,1H3/b6-5+. The van der Waals surface area contributed by atoms with E-state index < -0.39 is 11.4 Å². The summed E-state index contributed by atoms with van der Waals surface area (Å²) in [5, 5.41) is 9.66. The fraction of sp³-hybridized carbons (Fsp3) is 0.0667. The van der Waals surface area contributed by atoms with Crippen LogP contribution in [0, 0.1) is 6.92 Å². The third kappa shape index (κ3) is 3.24. The number of benzene rings is 1. The Morgan fingerprint density at radius 1 is 1.35 bits per heavy atom. The topological polar surface area (TPSA) is 67.5 Å². The second-order valence-corrected chi connectivity index (χ2v) is 5.07. The summed E-state index contributed by atoms with van der Waals surface area (Å²) in [6.45, 7) is 1.52. The summed E-state index contributed by atoms with van der Waals surface area (Å²) in [4.78, 5) is 23.5. The van der Waals surface area contributed by atoms with E-state index in [0.717, 1.165) is 10.0 Å². The number of hydrogen-bond acceptors (Lipinski definition) is 4. The van der Waals surface area contributed by atoms with Crippen LogP contribution < -0.4 is 5.63 Å². The molecule has 0 fully saturated rings. The first-order valence-corrected chi connectivity index (χ1v) is 6.58. The Balaban J connectivity index is 2.32. The van der Waals surface area contributed by atoms with E-state index in [2.05, 4.69) is 15.9 Å². The zero-order valence-electron chi connectivity index (χ0n) is 10.6. The van der Waals surface area contributed by atoms with Gasteiger partial charge in [0.2, 0.25) is 0 Å². The average Bonchev–Trinajstić information content (AvgIpc) is 2.35. The zero-order chi connectivity index (χ0) is 14.7. The van der Waals surface area contributed by atoms with E-state index in [-0.39, 0.29) is 17.1 Å². The van der Waals surface area contributed by atoms with Crippen LogP contribution in [0.1, 0.15) is 21.7 Å². The molecule has 4 nitrogen and oxygen atoms in total. The van der Waals surface area contributed by atoms with Crippen LogP contribution in [0.4, 0.5) is 0 Å². The van der Waals surface area contributed by atoms with Gasteiger partial charge in [0.1, 0.15) is 17.1 Å². The maximum Gasteiger partial charge on any atom is 0.351 e. The lowest BCUT2D eigenvalue weighted by molar-refractivity contribution is 0.104. The first kappa shape index (κ1) is 14.3. The van der Waals surface area contributed by atoms with Gasteiger partial charge in [0.25, 0.3) is 0 Å². The number of ketones is 1. The summed E-state index contributed by atoms with van der Waals surface area (Å²) < 4.78 is 5.68. The van der Waals surface area contributed by atoms with Crippen molar-refractivity contribution in [1.29, 1.82) is 0 Å². The molecule has 0 spiro atoms. The average molecular weight is 335 g/mol. The number of carbonyl (C=O) groups is 1. The highest BCUT2D eigenvalue weighted by Crippen LogP contribution is 2.17. The van der Waals surface area contributed by atoms with Crippen molar-refractivity contribution < 1.29 is 14.3 Å². The first-order chi connectivity index (χ1) is 9.47. The molecule has 2 rings (SSSR count). The summed E-state index contributed by atoms with van der Waals surface area (Å²) in [6.07, 6.45) is 2.79. The lowest BCUT2D eigenvalue weighted by atomic mass is 10.1. The predicted octanol–water partition coefficient (Wildman–Crippen LogP) is 3.31. The summed E-state index contributed by atoms with van der Waals surface area (Å²) >= 11 is 3.32. The summed E-state index contributed by atoms with van der Waals surface area (Å²) in [5.74, 6) is -0.723. The summed E-state index contributed by atoms with van der Waals surface area (Å²) in [6, 6.07) is 8.56. The highest BCUT2D eigenvalue weighted by atomic mass is 79.9. The Kier molecular flexibility index (Phi) is 4.20. The van der Waals surface area contributed by atoms with Crippen molar-refractivity contribution in [1.82, 2.24) is 0 Å². The minimum atomic E-state index is -0.841. The van der Waals surface area contributed by atoms with E-state index in [9.17, 15) is 14.7 Å². The van der Waals surface area contributed by atoms with E-state index in [1.807, 2.05) is 24.3 Å². The summed E-state index contributed by atoms with van der Waals surface area (Å²) in [5.41, 5.74) is -0.406. The van der Waals surface area contributed by atoms with Crippen molar-refractivity contribution in [2.75, 3.05) is 0 Å². The Morgan fingerprint density at radius 2 is 2.10 bits per heavy atom. The van der Waals surface area contributed by atoms with Gasteiger partial charge in [-0.15, -0.1) is 0 Å². The Morgan fingerprint density at radius 3 is 2.75 bits per heavy atom. The van der Waals surface area contributed by atoms with Crippen molar-refractivity contribution in [3.05, 3.63) is 68.2 Å². The minimum Gasteiger partial charge on any atom is -0.507 e. The Labute approximate surface area is 123 Å². The molecule has 0 saturated carbocycles. The zero-order valence-corrected chi connectivity index (χ0v) is 12.2. The van der Waals surface area contributed by atoms with Crippen LogP contribution in [0.25, 0.3) is 6.08 Å². The van der Waals surface area contributed by atoms with Crippen LogP contribution >= 0.6 is 15.9 Å². The van der Waals surface area contributed by atoms with E-state index in [1.54, 1.807) is 6.08 Å². The molecule has 1 N–H and O–H groups in total. The normalized spacial score (nSPS) is 10.9. The number of hydrogen-bond donors (Lipinski definition) is 1. The monoisotopic (exact) mass is 334 g/mol. The predicted molar refractivity (Wildman–Crippen MR) is 78.9 cm³/mol. The molecule has 1 aromatic carbocycles. The SMILES string of the molecule is Cc1cc(O)c(C(=O)/C=C/c2cccc(Br)c2)c(=O)o1. The molecule has 2 aromatic rings. The van der Waals surface area contributed by atoms with Crippen LogP contribution in [0.3, 0.4) is 0 Å². The Hall–Kier alpha value is -2.14. The van der Waals surface area contributed by atoms with Crippen molar-refractivity contribution in [3.63, 3.8) is 0 Å². The molecular formula is C15H11BrO4. The quantitative estimate of drug-likeness (QED) is 0.690. The number of allylic oxidation sites excluding steroid dienone is 1. The van der Waals surface area contributed by atoms with Gasteiger partial charge in [-0.3, -0.25) is 4.79 Å². The molecule has 0 aliphatic carbocycles. The van der Waals surface area contributed by atoms with Crippen LogP contribution in [0.2, 0.25) is 0 Å². The molecule has 0 bridgehead atoms. The van der Waals surface area contributed by atoms with Crippen molar-refractivity contribution in [2.24, 2.45) is 0 Å². The molecule has 1 heterocycles. The summed E-state index contributed by atoms with van der Waals surface area (Å²) in [7, 11) is 0. The van der Waals surface area contributed by atoms with Gasteiger partial charge in [-0.05, 0) is 30.7 Å².